The molecule has 0 aliphatic carbocycles. The molecule has 1 amide bonds. The maximum Gasteiger partial charge on any atom is 0.234 e. The van der Waals surface area contributed by atoms with Crippen LogP contribution in [-0.4, -0.2) is 23.4 Å². The first-order valence-electron chi connectivity index (χ1n) is 8.51. The van der Waals surface area contributed by atoms with Gasteiger partial charge >= 0.3 is 0 Å². The highest BCUT2D eigenvalue weighted by Crippen LogP contribution is 2.25. The zero-order valence-electron chi connectivity index (χ0n) is 14.3. The van der Waals surface area contributed by atoms with E-state index in [2.05, 4.69) is 11.8 Å². The molecular formula is C20H23FN2O2. The molecule has 132 valence electrons. The number of benzene rings is 2. The summed E-state index contributed by atoms with van der Waals surface area (Å²) in [6.45, 7) is 4.04. The highest BCUT2D eigenvalue weighted by molar-refractivity contribution is 5.80. The van der Waals surface area contributed by atoms with E-state index in [0.717, 1.165) is 29.8 Å². The van der Waals surface area contributed by atoms with Gasteiger partial charge in [-0.3, -0.25) is 9.69 Å². The molecule has 0 aromatic heterocycles. The molecule has 1 aliphatic rings. The Morgan fingerprint density at radius 2 is 2.00 bits per heavy atom. The summed E-state index contributed by atoms with van der Waals surface area (Å²) in [5.74, 6) is 0.695. The Bertz CT molecular complexity index is 733. The van der Waals surface area contributed by atoms with Crippen LogP contribution in [0.4, 0.5) is 4.39 Å². The minimum atomic E-state index is -0.264. The number of amides is 1. The highest BCUT2D eigenvalue weighted by atomic mass is 19.1. The summed E-state index contributed by atoms with van der Waals surface area (Å²) in [5, 5.41) is 0. The first kappa shape index (κ1) is 17.4. The van der Waals surface area contributed by atoms with Gasteiger partial charge in [0.1, 0.15) is 18.2 Å². The maximum atomic E-state index is 13.2. The van der Waals surface area contributed by atoms with E-state index in [1.54, 1.807) is 6.07 Å². The van der Waals surface area contributed by atoms with E-state index >= 15 is 0 Å². The number of primary amides is 1. The highest BCUT2D eigenvalue weighted by Gasteiger charge is 2.33. The van der Waals surface area contributed by atoms with Crippen LogP contribution in [0, 0.1) is 11.7 Å². The van der Waals surface area contributed by atoms with Gasteiger partial charge in [0, 0.05) is 13.1 Å². The molecule has 2 aromatic rings. The first-order chi connectivity index (χ1) is 12.0. The fraction of sp³-hybridized carbons (Fsp3) is 0.350. The van der Waals surface area contributed by atoms with Gasteiger partial charge in [-0.2, -0.15) is 0 Å². The van der Waals surface area contributed by atoms with E-state index in [4.69, 9.17) is 10.5 Å². The first-order valence-corrected chi connectivity index (χ1v) is 8.51. The molecule has 2 aromatic carbocycles. The van der Waals surface area contributed by atoms with Crippen molar-refractivity contribution in [3.8, 4) is 5.75 Å². The lowest BCUT2D eigenvalue weighted by atomic mass is 10.1. The summed E-state index contributed by atoms with van der Waals surface area (Å²) in [6, 6.07) is 14.0. The van der Waals surface area contributed by atoms with Crippen molar-refractivity contribution in [1.29, 1.82) is 0 Å². The van der Waals surface area contributed by atoms with Crippen LogP contribution in [0.3, 0.4) is 0 Å². The van der Waals surface area contributed by atoms with E-state index in [1.807, 2.05) is 30.3 Å². The molecule has 3 rings (SSSR count). The Kier molecular flexibility index (Phi) is 5.34. The Balaban J connectivity index is 1.58. The second-order valence-corrected chi connectivity index (χ2v) is 6.75. The minimum Gasteiger partial charge on any atom is -0.489 e. The number of ether oxygens (including phenoxy) is 1. The molecule has 0 spiro atoms. The molecule has 0 bridgehead atoms. The fourth-order valence-electron chi connectivity index (χ4n) is 3.32. The zero-order valence-corrected chi connectivity index (χ0v) is 14.3. The SMILES string of the molecule is C[C@H]1C[C@@H](C(N)=O)N(Cc2ccc(OCc3cccc(F)c3)cc2)C1. The molecule has 25 heavy (non-hydrogen) atoms. The number of halogens is 1. The Hall–Kier alpha value is -2.40. The maximum absolute atomic E-state index is 13.2. The van der Waals surface area contributed by atoms with E-state index < -0.39 is 0 Å². The van der Waals surface area contributed by atoms with Crippen molar-refractivity contribution in [2.45, 2.75) is 32.5 Å². The summed E-state index contributed by atoms with van der Waals surface area (Å²) < 4.78 is 18.9. The van der Waals surface area contributed by atoms with Gasteiger partial charge in [-0.25, -0.2) is 4.39 Å². The van der Waals surface area contributed by atoms with Crippen LogP contribution in [0.1, 0.15) is 24.5 Å². The quantitative estimate of drug-likeness (QED) is 0.878. The third kappa shape index (κ3) is 4.57. The van der Waals surface area contributed by atoms with E-state index in [1.165, 1.54) is 12.1 Å². The average Bonchev–Trinajstić information content (AvgIpc) is 2.95. The van der Waals surface area contributed by atoms with E-state index in [9.17, 15) is 9.18 Å². The van der Waals surface area contributed by atoms with Crippen molar-refractivity contribution in [1.82, 2.24) is 4.90 Å². The molecule has 2 N–H and O–H groups in total. The predicted octanol–water partition coefficient (Wildman–Crippen LogP) is 3.10. The van der Waals surface area contributed by atoms with Crippen LogP contribution in [-0.2, 0) is 17.9 Å². The summed E-state index contributed by atoms with van der Waals surface area (Å²) in [6.07, 6.45) is 0.824. The number of nitrogens with zero attached hydrogens (tertiary/aromatic N) is 1. The Morgan fingerprint density at radius 3 is 2.68 bits per heavy atom. The summed E-state index contributed by atoms with van der Waals surface area (Å²) in [7, 11) is 0. The average molecular weight is 342 g/mol. The smallest absolute Gasteiger partial charge is 0.234 e. The number of hydrogen-bond donors (Lipinski definition) is 1. The monoisotopic (exact) mass is 342 g/mol. The lowest BCUT2D eigenvalue weighted by Gasteiger charge is -2.21. The van der Waals surface area contributed by atoms with Crippen molar-refractivity contribution >= 4 is 5.91 Å². The predicted molar refractivity (Wildman–Crippen MR) is 94.3 cm³/mol. The van der Waals surface area contributed by atoms with Gasteiger partial charge in [-0.05, 0) is 47.7 Å². The molecule has 1 aliphatic heterocycles. The molecule has 0 radical (unpaired) electrons. The van der Waals surface area contributed by atoms with Crippen molar-refractivity contribution in [2.24, 2.45) is 11.7 Å². The lowest BCUT2D eigenvalue weighted by Crippen LogP contribution is -2.39. The number of nitrogens with two attached hydrogens (primary N) is 1. The molecular weight excluding hydrogens is 319 g/mol. The molecule has 1 heterocycles. The Morgan fingerprint density at radius 1 is 1.24 bits per heavy atom. The van der Waals surface area contributed by atoms with Crippen molar-refractivity contribution < 1.29 is 13.9 Å². The van der Waals surface area contributed by atoms with Gasteiger partial charge in [-0.15, -0.1) is 0 Å². The standard InChI is InChI=1S/C20H23FN2O2/c1-14-9-19(20(22)24)23(11-14)12-15-5-7-18(8-6-15)25-13-16-3-2-4-17(21)10-16/h2-8,10,14,19H,9,11-13H2,1H3,(H2,22,24)/t14-,19-/m0/s1. The molecule has 4 nitrogen and oxygen atoms in total. The molecule has 0 saturated carbocycles. The number of hydrogen-bond acceptors (Lipinski definition) is 3. The molecule has 5 heteroatoms. The van der Waals surface area contributed by atoms with Gasteiger partial charge in [0.25, 0.3) is 0 Å². The zero-order chi connectivity index (χ0) is 17.8. The minimum absolute atomic E-state index is 0.182. The van der Waals surface area contributed by atoms with Crippen LogP contribution in [0.25, 0.3) is 0 Å². The fourth-order valence-corrected chi connectivity index (χ4v) is 3.32. The van der Waals surface area contributed by atoms with Gasteiger partial charge in [0.05, 0.1) is 6.04 Å². The van der Waals surface area contributed by atoms with Crippen LogP contribution in [0.2, 0.25) is 0 Å². The van der Waals surface area contributed by atoms with Crippen LogP contribution >= 0.6 is 0 Å². The number of carbonyl (C=O) groups excluding carboxylic acids is 1. The lowest BCUT2D eigenvalue weighted by molar-refractivity contribution is -0.122. The molecule has 1 saturated heterocycles. The second kappa shape index (κ2) is 7.66. The van der Waals surface area contributed by atoms with Crippen LogP contribution < -0.4 is 10.5 Å². The third-order valence-corrected chi connectivity index (χ3v) is 4.54. The van der Waals surface area contributed by atoms with Crippen LogP contribution in [0.15, 0.2) is 48.5 Å². The van der Waals surface area contributed by atoms with E-state index in [0.29, 0.717) is 19.1 Å². The Labute approximate surface area is 147 Å². The van der Waals surface area contributed by atoms with E-state index in [-0.39, 0.29) is 17.8 Å². The largest absolute Gasteiger partial charge is 0.489 e. The summed E-state index contributed by atoms with van der Waals surface area (Å²) in [5.41, 5.74) is 7.41. The second-order valence-electron chi connectivity index (χ2n) is 6.75. The summed E-state index contributed by atoms with van der Waals surface area (Å²) in [4.78, 5) is 13.7. The van der Waals surface area contributed by atoms with Gasteiger partial charge in [-0.1, -0.05) is 31.2 Å². The normalized spacial score (nSPS) is 20.6. The van der Waals surface area contributed by atoms with Gasteiger partial charge in [0.15, 0.2) is 0 Å². The number of carbonyl (C=O) groups is 1. The van der Waals surface area contributed by atoms with Crippen molar-refractivity contribution in [2.75, 3.05) is 6.54 Å². The number of rotatable bonds is 6. The van der Waals surface area contributed by atoms with Gasteiger partial charge in [0.2, 0.25) is 5.91 Å². The van der Waals surface area contributed by atoms with Crippen LogP contribution in [0.5, 0.6) is 5.75 Å². The molecule has 2 atom stereocenters. The van der Waals surface area contributed by atoms with Crippen molar-refractivity contribution in [3.63, 3.8) is 0 Å². The molecule has 0 unspecified atom stereocenters. The number of likely N-dealkylation sites (tertiary alicyclic amines) is 1. The summed E-state index contributed by atoms with van der Waals surface area (Å²) >= 11 is 0. The molecule has 1 fully saturated rings. The van der Waals surface area contributed by atoms with Gasteiger partial charge < -0.3 is 10.5 Å². The topological polar surface area (TPSA) is 55.6 Å². The third-order valence-electron chi connectivity index (χ3n) is 4.54. The van der Waals surface area contributed by atoms with Crippen molar-refractivity contribution in [3.05, 3.63) is 65.5 Å².